The van der Waals surface area contributed by atoms with Crippen LogP contribution in [0.5, 0.6) is 0 Å². The summed E-state index contributed by atoms with van der Waals surface area (Å²) in [5, 5.41) is 3.25. The highest BCUT2D eigenvalue weighted by Crippen LogP contribution is 2.25. The van der Waals surface area contributed by atoms with E-state index in [1.807, 2.05) is 30.3 Å². The lowest BCUT2D eigenvalue weighted by Crippen LogP contribution is -2.51. The highest BCUT2D eigenvalue weighted by atomic mass is 32.2. The Morgan fingerprint density at radius 3 is 2.56 bits per heavy atom. The first kappa shape index (κ1) is 13.5. The molecule has 1 saturated heterocycles. The van der Waals surface area contributed by atoms with Crippen LogP contribution in [0, 0.1) is 0 Å². The fourth-order valence-electron chi connectivity index (χ4n) is 2.13. The van der Waals surface area contributed by atoms with Crippen LogP contribution < -0.4 is 5.32 Å². The molecular formula is C12H19N3O2S. The van der Waals surface area contributed by atoms with E-state index in [4.69, 9.17) is 0 Å². The standard InChI is InChI=1S/C12H19N3O2S/c1-14(2)18(16,17)15-9-8-13-10-12(15)11-6-4-3-5-7-11/h3-7,12-13H,8-10H2,1-2H3/t12-/m1/s1. The molecule has 0 aliphatic carbocycles. The molecule has 18 heavy (non-hydrogen) atoms. The second kappa shape index (κ2) is 5.36. The van der Waals surface area contributed by atoms with Crippen LogP contribution in [0.15, 0.2) is 30.3 Å². The molecule has 1 aromatic carbocycles. The summed E-state index contributed by atoms with van der Waals surface area (Å²) in [5.74, 6) is 0. The number of rotatable bonds is 3. The minimum Gasteiger partial charge on any atom is -0.313 e. The maximum absolute atomic E-state index is 12.3. The molecule has 0 aromatic heterocycles. The normalized spacial score (nSPS) is 22.3. The Labute approximate surface area is 109 Å². The zero-order valence-corrected chi connectivity index (χ0v) is 11.5. The quantitative estimate of drug-likeness (QED) is 0.866. The number of benzene rings is 1. The van der Waals surface area contributed by atoms with E-state index in [-0.39, 0.29) is 6.04 Å². The van der Waals surface area contributed by atoms with Crippen LogP contribution in [0.1, 0.15) is 11.6 Å². The van der Waals surface area contributed by atoms with E-state index < -0.39 is 10.2 Å². The Bertz CT molecular complexity index is 487. The molecule has 0 spiro atoms. The lowest BCUT2D eigenvalue weighted by atomic mass is 10.1. The molecule has 1 fully saturated rings. The van der Waals surface area contributed by atoms with Crippen LogP contribution in [0.25, 0.3) is 0 Å². The number of hydrogen-bond donors (Lipinski definition) is 1. The van der Waals surface area contributed by atoms with Crippen LogP contribution in [-0.4, -0.2) is 50.8 Å². The van der Waals surface area contributed by atoms with Gasteiger partial charge in [-0.2, -0.15) is 17.0 Å². The second-order valence-corrected chi connectivity index (χ2v) is 6.63. The van der Waals surface area contributed by atoms with Crippen LogP contribution >= 0.6 is 0 Å². The zero-order chi connectivity index (χ0) is 13.2. The minimum atomic E-state index is -3.37. The number of nitrogens with one attached hydrogen (secondary N) is 1. The second-order valence-electron chi connectivity index (χ2n) is 4.53. The van der Waals surface area contributed by atoms with Crippen LogP contribution in [0.3, 0.4) is 0 Å². The summed E-state index contributed by atoms with van der Waals surface area (Å²) >= 11 is 0. The van der Waals surface area contributed by atoms with E-state index in [1.54, 1.807) is 18.4 Å². The van der Waals surface area contributed by atoms with Crippen molar-refractivity contribution >= 4 is 10.2 Å². The molecule has 1 atom stereocenters. The Morgan fingerprint density at radius 1 is 1.28 bits per heavy atom. The summed E-state index contributed by atoms with van der Waals surface area (Å²) < 4.78 is 27.4. The molecule has 6 heteroatoms. The number of hydrogen-bond acceptors (Lipinski definition) is 3. The van der Waals surface area contributed by atoms with Gasteiger partial charge in [0.05, 0.1) is 6.04 Å². The van der Waals surface area contributed by atoms with Crippen molar-refractivity contribution in [1.82, 2.24) is 13.9 Å². The molecule has 1 aliphatic heterocycles. The van der Waals surface area contributed by atoms with Crippen LogP contribution in [0.4, 0.5) is 0 Å². The van der Waals surface area contributed by atoms with Gasteiger partial charge in [0, 0.05) is 33.7 Å². The lowest BCUT2D eigenvalue weighted by molar-refractivity contribution is 0.257. The molecule has 2 rings (SSSR count). The third-order valence-corrected chi connectivity index (χ3v) is 5.09. The van der Waals surface area contributed by atoms with Crippen LogP contribution in [0.2, 0.25) is 0 Å². The number of piperazine rings is 1. The summed E-state index contributed by atoms with van der Waals surface area (Å²) in [6.45, 7) is 1.84. The summed E-state index contributed by atoms with van der Waals surface area (Å²) in [5.41, 5.74) is 1.02. The first-order chi connectivity index (χ1) is 8.53. The summed E-state index contributed by atoms with van der Waals surface area (Å²) in [4.78, 5) is 0. The largest absolute Gasteiger partial charge is 0.313 e. The Balaban J connectivity index is 2.33. The predicted molar refractivity (Wildman–Crippen MR) is 71.4 cm³/mol. The zero-order valence-electron chi connectivity index (χ0n) is 10.7. The smallest absolute Gasteiger partial charge is 0.282 e. The van der Waals surface area contributed by atoms with Gasteiger partial charge in [0.25, 0.3) is 10.2 Å². The maximum Gasteiger partial charge on any atom is 0.282 e. The minimum absolute atomic E-state index is 0.132. The van der Waals surface area contributed by atoms with Crippen molar-refractivity contribution in [3.63, 3.8) is 0 Å². The molecule has 1 heterocycles. The van der Waals surface area contributed by atoms with Gasteiger partial charge in [0.1, 0.15) is 0 Å². The van der Waals surface area contributed by atoms with Crippen molar-refractivity contribution in [3.05, 3.63) is 35.9 Å². The van der Waals surface area contributed by atoms with Gasteiger partial charge >= 0.3 is 0 Å². The molecule has 100 valence electrons. The van der Waals surface area contributed by atoms with Crippen LogP contribution in [-0.2, 0) is 10.2 Å². The molecular weight excluding hydrogens is 250 g/mol. The monoisotopic (exact) mass is 269 g/mol. The van der Waals surface area contributed by atoms with Crippen molar-refractivity contribution in [1.29, 1.82) is 0 Å². The molecule has 0 radical (unpaired) electrons. The fourth-order valence-corrected chi connectivity index (χ4v) is 3.39. The van der Waals surface area contributed by atoms with E-state index in [0.717, 1.165) is 5.56 Å². The lowest BCUT2D eigenvalue weighted by Gasteiger charge is -2.36. The average molecular weight is 269 g/mol. The van der Waals surface area contributed by atoms with Crippen molar-refractivity contribution in [3.8, 4) is 0 Å². The van der Waals surface area contributed by atoms with Gasteiger partial charge in [-0.1, -0.05) is 30.3 Å². The first-order valence-electron chi connectivity index (χ1n) is 5.98. The molecule has 1 N–H and O–H groups in total. The molecule has 5 nitrogen and oxygen atoms in total. The van der Waals surface area contributed by atoms with Crippen molar-refractivity contribution in [2.45, 2.75) is 6.04 Å². The van der Waals surface area contributed by atoms with Crippen molar-refractivity contribution < 1.29 is 8.42 Å². The average Bonchev–Trinajstić information content (AvgIpc) is 2.39. The molecule has 0 bridgehead atoms. The van der Waals surface area contributed by atoms with E-state index in [2.05, 4.69) is 5.32 Å². The molecule has 1 aromatic rings. The van der Waals surface area contributed by atoms with Crippen molar-refractivity contribution in [2.75, 3.05) is 33.7 Å². The summed E-state index contributed by atoms with van der Waals surface area (Å²) in [6, 6.07) is 9.61. The first-order valence-corrected chi connectivity index (χ1v) is 7.38. The van der Waals surface area contributed by atoms with E-state index in [9.17, 15) is 8.42 Å². The van der Waals surface area contributed by atoms with Crippen molar-refractivity contribution in [2.24, 2.45) is 0 Å². The highest BCUT2D eigenvalue weighted by molar-refractivity contribution is 7.86. The van der Waals surface area contributed by atoms with Gasteiger partial charge in [-0.25, -0.2) is 0 Å². The highest BCUT2D eigenvalue weighted by Gasteiger charge is 2.34. The molecule has 0 amide bonds. The summed E-state index contributed by atoms with van der Waals surface area (Å²) in [6.07, 6.45) is 0. The fraction of sp³-hybridized carbons (Fsp3) is 0.500. The van der Waals surface area contributed by atoms with Gasteiger partial charge < -0.3 is 5.32 Å². The van der Waals surface area contributed by atoms with Gasteiger partial charge in [0.15, 0.2) is 0 Å². The topological polar surface area (TPSA) is 52.7 Å². The SMILES string of the molecule is CN(C)S(=O)(=O)N1CCNC[C@@H]1c1ccccc1. The van der Waals surface area contributed by atoms with E-state index in [1.165, 1.54) is 4.31 Å². The molecule has 1 aliphatic rings. The Kier molecular flexibility index (Phi) is 4.01. The van der Waals surface area contributed by atoms with E-state index >= 15 is 0 Å². The van der Waals surface area contributed by atoms with E-state index in [0.29, 0.717) is 19.6 Å². The number of nitrogens with zero attached hydrogens (tertiary/aromatic N) is 2. The van der Waals surface area contributed by atoms with Gasteiger partial charge in [-0.05, 0) is 5.56 Å². The maximum atomic E-state index is 12.3. The van der Waals surface area contributed by atoms with Gasteiger partial charge in [-0.15, -0.1) is 0 Å². The third-order valence-electron chi connectivity index (χ3n) is 3.14. The third kappa shape index (κ3) is 2.56. The molecule has 0 saturated carbocycles. The summed E-state index contributed by atoms with van der Waals surface area (Å²) in [7, 11) is -0.233. The molecule has 0 unspecified atom stereocenters. The predicted octanol–water partition coefficient (Wildman–Crippen LogP) is 0.439. The van der Waals surface area contributed by atoms with Gasteiger partial charge in [-0.3, -0.25) is 0 Å². The Hall–Kier alpha value is -0.950. The van der Waals surface area contributed by atoms with Gasteiger partial charge in [0.2, 0.25) is 0 Å². The Morgan fingerprint density at radius 2 is 1.94 bits per heavy atom.